The number of aromatic nitrogens is 1. The highest BCUT2D eigenvalue weighted by Gasteiger charge is 2.26. The Kier molecular flexibility index (Phi) is 5.89. The molecule has 1 aliphatic rings. The van der Waals surface area contributed by atoms with Gasteiger partial charge in [-0.1, -0.05) is 23.7 Å². The third-order valence-corrected chi connectivity index (χ3v) is 5.06. The quantitative estimate of drug-likeness (QED) is 0.857. The monoisotopic (exact) mass is 372 g/mol. The van der Waals surface area contributed by atoms with Gasteiger partial charge in [0, 0.05) is 31.3 Å². The summed E-state index contributed by atoms with van der Waals surface area (Å²) < 4.78 is 0. The molecule has 0 radical (unpaired) electrons. The highest BCUT2D eigenvalue weighted by Crippen LogP contribution is 2.28. The van der Waals surface area contributed by atoms with E-state index >= 15 is 0 Å². The van der Waals surface area contributed by atoms with Gasteiger partial charge in [0.05, 0.1) is 16.3 Å². The number of carbonyl (C=O) groups excluding carboxylic acids is 1. The number of carboxylic acids is 1. The predicted molar refractivity (Wildman–Crippen MR) is 100 cm³/mol. The van der Waals surface area contributed by atoms with Gasteiger partial charge in [-0.05, 0) is 49.4 Å². The van der Waals surface area contributed by atoms with E-state index in [0.29, 0.717) is 30.1 Å². The van der Waals surface area contributed by atoms with Crippen LogP contribution < -0.4 is 0 Å². The third kappa shape index (κ3) is 4.41. The Bertz CT molecular complexity index is 795. The molecule has 0 saturated carbocycles. The lowest BCUT2D eigenvalue weighted by atomic mass is 9.93. The van der Waals surface area contributed by atoms with Crippen LogP contribution in [0.2, 0.25) is 5.02 Å². The van der Waals surface area contributed by atoms with Crippen molar-refractivity contribution in [2.45, 2.75) is 25.7 Å². The molecule has 2 aromatic rings. The number of likely N-dealkylation sites (tertiary alicyclic amines) is 1. The molecular formula is C20H21ClN2O3. The first-order valence-electron chi connectivity index (χ1n) is 8.76. The highest BCUT2D eigenvalue weighted by atomic mass is 35.5. The SMILES string of the molecule is O=C(O)CCC1CCCN(C(=O)c2cc(-c3ccccn3)ccc2Cl)C1. The van der Waals surface area contributed by atoms with Crippen molar-refractivity contribution in [2.75, 3.05) is 13.1 Å². The molecule has 26 heavy (non-hydrogen) atoms. The molecule has 1 aromatic carbocycles. The Morgan fingerprint density at radius 1 is 1.27 bits per heavy atom. The van der Waals surface area contributed by atoms with Crippen molar-refractivity contribution in [3.63, 3.8) is 0 Å². The van der Waals surface area contributed by atoms with Gasteiger partial charge in [-0.15, -0.1) is 0 Å². The minimum atomic E-state index is -0.792. The van der Waals surface area contributed by atoms with E-state index in [1.54, 1.807) is 23.2 Å². The zero-order valence-electron chi connectivity index (χ0n) is 14.4. The van der Waals surface area contributed by atoms with Crippen LogP contribution in [-0.2, 0) is 4.79 Å². The number of aliphatic carboxylic acids is 1. The van der Waals surface area contributed by atoms with Gasteiger partial charge in [0.15, 0.2) is 0 Å². The van der Waals surface area contributed by atoms with Crippen molar-refractivity contribution in [2.24, 2.45) is 5.92 Å². The largest absolute Gasteiger partial charge is 0.481 e. The maximum Gasteiger partial charge on any atom is 0.303 e. The molecule has 5 nitrogen and oxygen atoms in total. The summed E-state index contributed by atoms with van der Waals surface area (Å²) in [6.07, 6.45) is 4.29. The van der Waals surface area contributed by atoms with Crippen molar-refractivity contribution >= 4 is 23.5 Å². The summed E-state index contributed by atoms with van der Waals surface area (Å²) in [5.74, 6) is -0.672. The molecule has 3 rings (SSSR count). The smallest absolute Gasteiger partial charge is 0.303 e. The number of amides is 1. The molecule has 1 saturated heterocycles. The molecule has 2 heterocycles. The van der Waals surface area contributed by atoms with E-state index in [-0.39, 0.29) is 18.2 Å². The van der Waals surface area contributed by atoms with Gasteiger partial charge in [-0.3, -0.25) is 14.6 Å². The standard InChI is InChI=1S/C20H21ClN2O3/c21-17-8-7-15(18-5-1-2-10-22-18)12-16(17)20(26)23-11-3-4-14(13-23)6-9-19(24)25/h1-2,5,7-8,10,12,14H,3-4,6,9,11,13H2,(H,24,25). The van der Waals surface area contributed by atoms with E-state index in [0.717, 1.165) is 24.1 Å². The number of benzene rings is 1. The second-order valence-corrected chi connectivity index (χ2v) is 7.01. The van der Waals surface area contributed by atoms with Gasteiger partial charge in [0.1, 0.15) is 0 Å². The third-order valence-electron chi connectivity index (χ3n) is 4.73. The van der Waals surface area contributed by atoms with Crippen molar-refractivity contribution in [1.82, 2.24) is 9.88 Å². The number of carboxylic acid groups (broad SMARTS) is 1. The first-order chi connectivity index (χ1) is 12.5. The molecule has 1 amide bonds. The van der Waals surface area contributed by atoms with Gasteiger partial charge >= 0.3 is 5.97 Å². The number of pyridine rings is 1. The normalized spacial score (nSPS) is 17.1. The number of nitrogens with zero attached hydrogens (tertiary/aromatic N) is 2. The molecule has 1 aromatic heterocycles. The Hall–Kier alpha value is -2.40. The van der Waals surface area contributed by atoms with Crippen LogP contribution in [0.5, 0.6) is 0 Å². The molecule has 0 spiro atoms. The number of halogens is 1. The zero-order valence-corrected chi connectivity index (χ0v) is 15.2. The topological polar surface area (TPSA) is 70.5 Å². The van der Waals surface area contributed by atoms with Gasteiger partial charge < -0.3 is 10.0 Å². The Morgan fingerprint density at radius 3 is 2.85 bits per heavy atom. The minimum absolute atomic E-state index is 0.104. The summed E-state index contributed by atoms with van der Waals surface area (Å²) in [5, 5.41) is 9.29. The van der Waals surface area contributed by atoms with Crippen molar-refractivity contribution < 1.29 is 14.7 Å². The van der Waals surface area contributed by atoms with Crippen LogP contribution in [-0.4, -0.2) is 40.0 Å². The lowest BCUT2D eigenvalue weighted by molar-refractivity contribution is -0.137. The lowest BCUT2D eigenvalue weighted by Gasteiger charge is -2.33. The summed E-state index contributed by atoms with van der Waals surface area (Å²) in [7, 11) is 0. The molecule has 136 valence electrons. The molecule has 6 heteroatoms. The molecule has 0 bridgehead atoms. The van der Waals surface area contributed by atoms with E-state index < -0.39 is 5.97 Å². The van der Waals surface area contributed by atoms with E-state index in [4.69, 9.17) is 16.7 Å². The van der Waals surface area contributed by atoms with Crippen molar-refractivity contribution in [3.8, 4) is 11.3 Å². The van der Waals surface area contributed by atoms with Crippen LogP contribution in [0.15, 0.2) is 42.6 Å². The summed E-state index contributed by atoms with van der Waals surface area (Å²) >= 11 is 6.29. The van der Waals surface area contributed by atoms with Crippen LogP contribution >= 0.6 is 11.6 Å². The Balaban J connectivity index is 1.77. The summed E-state index contributed by atoms with van der Waals surface area (Å²) in [5.41, 5.74) is 2.10. The second kappa shape index (κ2) is 8.32. The number of piperidine rings is 1. The number of rotatable bonds is 5. The molecule has 1 N–H and O–H groups in total. The molecule has 1 aliphatic heterocycles. The Labute approximate surface area is 157 Å². The Morgan fingerprint density at radius 2 is 2.12 bits per heavy atom. The van der Waals surface area contributed by atoms with Crippen LogP contribution in [0.4, 0.5) is 0 Å². The minimum Gasteiger partial charge on any atom is -0.481 e. The van der Waals surface area contributed by atoms with E-state index in [1.165, 1.54) is 0 Å². The molecule has 1 unspecified atom stereocenters. The first kappa shape index (κ1) is 18.4. The average Bonchev–Trinajstić information content (AvgIpc) is 2.67. The maximum atomic E-state index is 13.0. The highest BCUT2D eigenvalue weighted by molar-refractivity contribution is 6.34. The van der Waals surface area contributed by atoms with Gasteiger partial charge in [-0.2, -0.15) is 0 Å². The van der Waals surface area contributed by atoms with Crippen molar-refractivity contribution in [3.05, 3.63) is 53.2 Å². The molecular weight excluding hydrogens is 352 g/mol. The van der Waals surface area contributed by atoms with Crippen LogP contribution in [0.1, 0.15) is 36.0 Å². The predicted octanol–water partition coefficient (Wildman–Crippen LogP) is 4.12. The van der Waals surface area contributed by atoms with Crippen LogP contribution in [0, 0.1) is 5.92 Å². The van der Waals surface area contributed by atoms with Crippen LogP contribution in [0.25, 0.3) is 11.3 Å². The zero-order chi connectivity index (χ0) is 18.5. The van der Waals surface area contributed by atoms with E-state index in [1.807, 2.05) is 24.3 Å². The van der Waals surface area contributed by atoms with Gasteiger partial charge in [0.25, 0.3) is 5.91 Å². The summed E-state index contributed by atoms with van der Waals surface area (Å²) in [4.78, 5) is 29.9. The molecule has 1 atom stereocenters. The maximum absolute atomic E-state index is 13.0. The van der Waals surface area contributed by atoms with Crippen LogP contribution in [0.3, 0.4) is 0 Å². The van der Waals surface area contributed by atoms with E-state index in [2.05, 4.69) is 4.98 Å². The average molecular weight is 373 g/mol. The summed E-state index contributed by atoms with van der Waals surface area (Å²) in [6.45, 7) is 1.25. The number of hydrogen-bond donors (Lipinski definition) is 1. The first-order valence-corrected chi connectivity index (χ1v) is 9.14. The van der Waals surface area contributed by atoms with Gasteiger partial charge in [-0.25, -0.2) is 0 Å². The molecule has 0 aliphatic carbocycles. The summed E-state index contributed by atoms with van der Waals surface area (Å²) in [6, 6.07) is 11.0. The van der Waals surface area contributed by atoms with Crippen molar-refractivity contribution in [1.29, 1.82) is 0 Å². The fourth-order valence-electron chi connectivity index (χ4n) is 3.37. The lowest BCUT2D eigenvalue weighted by Crippen LogP contribution is -2.40. The fourth-order valence-corrected chi connectivity index (χ4v) is 3.56. The number of hydrogen-bond acceptors (Lipinski definition) is 3. The number of carbonyl (C=O) groups is 2. The second-order valence-electron chi connectivity index (χ2n) is 6.60. The van der Waals surface area contributed by atoms with E-state index in [9.17, 15) is 9.59 Å². The molecule has 1 fully saturated rings. The van der Waals surface area contributed by atoms with Gasteiger partial charge in [0.2, 0.25) is 0 Å². The fraction of sp³-hybridized carbons (Fsp3) is 0.350.